The number of anilines is 1. The van der Waals surface area contributed by atoms with E-state index in [1.165, 1.54) is 6.33 Å². The lowest BCUT2D eigenvalue weighted by molar-refractivity contribution is 0.302. The van der Waals surface area contributed by atoms with Gasteiger partial charge in [-0.3, -0.25) is 4.79 Å². The molecule has 0 spiro atoms. The first-order chi connectivity index (χ1) is 10.6. The molecular formula is C15H18FN5O. The van der Waals surface area contributed by atoms with Crippen molar-refractivity contribution in [2.45, 2.75) is 44.7 Å². The summed E-state index contributed by atoms with van der Waals surface area (Å²) in [7, 11) is 0. The van der Waals surface area contributed by atoms with Gasteiger partial charge < -0.3 is 5.32 Å². The number of halogens is 1. The van der Waals surface area contributed by atoms with Crippen molar-refractivity contribution in [2.24, 2.45) is 0 Å². The van der Waals surface area contributed by atoms with Crippen LogP contribution >= 0.6 is 0 Å². The fraction of sp³-hybridized carbons (Fsp3) is 0.467. The summed E-state index contributed by atoms with van der Waals surface area (Å²) >= 11 is 0. The second kappa shape index (κ2) is 6.21. The van der Waals surface area contributed by atoms with Gasteiger partial charge in [-0.15, -0.1) is 0 Å². The van der Waals surface area contributed by atoms with Gasteiger partial charge in [0.25, 0.3) is 5.56 Å². The van der Waals surface area contributed by atoms with E-state index in [1.807, 2.05) is 6.92 Å². The molecule has 0 radical (unpaired) electrons. The van der Waals surface area contributed by atoms with Gasteiger partial charge in [-0.1, -0.05) is 0 Å². The summed E-state index contributed by atoms with van der Waals surface area (Å²) in [5.74, 6) is -0.203. The molecule has 0 bridgehead atoms. The summed E-state index contributed by atoms with van der Waals surface area (Å²) in [4.78, 5) is 19.5. The molecule has 0 saturated heterocycles. The molecule has 1 aliphatic carbocycles. The van der Waals surface area contributed by atoms with Crippen molar-refractivity contribution < 1.29 is 4.39 Å². The first-order valence-electron chi connectivity index (χ1n) is 7.42. The van der Waals surface area contributed by atoms with Gasteiger partial charge in [-0.2, -0.15) is 5.10 Å². The lowest BCUT2D eigenvalue weighted by Gasteiger charge is -2.29. The van der Waals surface area contributed by atoms with Crippen LogP contribution in [0.2, 0.25) is 0 Å². The highest BCUT2D eigenvalue weighted by molar-refractivity contribution is 5.35. The molecule has 22 heavy (non-hydrogen) atoms. The topological polar surface area (TPSA) is 72.7 Å². The minimum atomic E-state index is -0.443. The van der Waals surface area contributed by atoms with Crippen LogP contribution < -0.4 is 10.9 Å². The highest BCUT2D eigenvalue weighted by atomic mass is 19.1. The summed E-state index contributed by atoms with van der Waals surface area (Å²) in [5.41, 5.74) is 0.770. The molecule has 6 nitrogen and oxygen atoms in total. The van der Waals surface area contributed by atoms with E-state index in [0.29, 0.717) is 0 Å². The zero-order valence-corrected chi connectivity index (χ0v) is 12.4. The lowest BCUT2D eigenvalue weighted by atomic mass is 9.91. The van der Waals surface area contributed by atoms with E-state index < -0.39 is 5.82 Å². The minimum Gasteiger partial charge on any atom is -0.365 e. The predicted molar refractivity (Wildman–Crippen MR) is 80.1 cm³/mol. The van der Waals surface area contributed by atoms with Gasteiger partial charge in [0, 0.05) is 12.1 Å². The van der Waals surface area contributed by atoms with Crippen LogP contribution in [0.3, 0.4) is 0 Å². The van der Waals surface area contributed by atoms with E-state index in [4.69, 9.17) is 0 Å². The number of rotatable bonds is 3. The lowest BCUT2D eigenvalue weighted by Crippen LogP contribution is -2.33. The molecule has 1 fully saturated rings. The van der Waals surface area contributed by atoms with Crippen LogP contribution in [0.1, 0.15) is 37.4 Å². The van der Waals surface area contributed by atoms with Crippen molar-refractivity contribution in [2.75, 3.05) is 5.32 Å². The smallest absolute Gasteiger partial charge is 0.267 e. The maximum absolute atomic E-state index is 13.5. The molecule has 2 aromatic heterocycles. The highest BCUT2D eigenvalue weighted by Crippen LogP contribution is 2.28. The molecule has 0 atom stereocenters. The van der Waals surface area contributed by atoms with E-state index in [1.54, 1.807) is 16.8 Å². The summed E-state index contributed by atoms with van der Waals surface area (Å²) in [6.07, 6.45) is 5.83. The van der Waals surface area contributed by atoms with Gasteiger partial charge in [0.1, 0.15) is 6.33 Å². The SMILES string of the molecule is Cc1ccc(=O)n(C2CCC(Nc3ncncc3F)CC2)n1. The Bertz CT molecular complexity index is 709. The number of nitrogens with one attached hydrogen (secondary N) is 1. The van der Waals surface area contributed by atoms with Crippen LogP contribution in [0.4, 0.5) is 10.2 Å². The molecular weight excluding hydrogens is 285 g/mol. The number of hydrogen-bond acceptors (Lipinski definition) is 5. The summed E-state index contributed by atoms with van der Waals surface area (Å²) in [6.45, 7) is 1.88. The molecule has 0 aromatic carbocycles. The average Bonchev–Trinajstić information content (AvgIpc) is 2.53. The van der Waals surface area contributed by atoms with Gasteiger partial charge in [0.05, 0.1) is 17.9 Å². The molecule has 0 aliphatic heterocycles. The summed E-state index contributed by atoms with van der Waals surface area (Å²) < 4.78 is 15.1. The fourth-order valence-corrected chi connectivity index (χ4v) is 2.86. The fourth-order valence-electron chi connectivity index (χ4n) is 2.86. The molecule has 2 heterocycles. The zero-order valence-electron chi connectivity index (χ0n) is 12.4. The summed E-state index contributed by atoms with van der Waals surface area (Å²) in [6, 6.07) is 3.55. The van der Waals surface area contributed by atoms with Crippen molar-refractivity contribution in [1.29, 1.82) is 0 Å². The second-order valence-corrected chi connectivity index (χ2v) is 5.63. The Balaban J connectivity index is 1.64. The normalized spacial score (nSPS) is 21.5. The molecule has 0 unspecified atom stereocenters. The molecule has 7 heteroatoms. The largest absolute Gasteiger partial charge is 0.365 e. The van der Waals surface area contributed by atoms with Crippen LogP contribution in [-0.4, -0.2) is 25.8 Å². The number of aromatic nitrogens is 4. The van der Waals surface area contributed by atoms with E-state index >= 15 is 0 Å². The van der Waals surface area contributed by atoms with Crippen molar-refractivity contribution in [3.8, 4) is 0 Å². The summed E-state index contributed by atoms with van der Waals surface area (Å²) in [5, 5.41) is 7.44. The number of aryl methyl sites for hydroxylation is 1. The van der Waals surface area contributed by atoms with Crippen molar-refractivity contribution in [3.05, 3.63) is 46.5 Å². The molecule has 1 N–H and O–H groups in total. The van der Waals surface area contributed by atoms with Gasteiger partial charge in [0.2, 0.25) is 0 Å². The van der Waals surface area contributed by atoms with Crippen LogP contribution in [0.5, 0.6) is 0 Å². The zero-order chi connectivity index (χ0) is 15.5. The van der Waals surface area contributed by atoms with Crippen LogP contribution in [0.25, 0.3) is 0 Å². The Morgan fingerprint density at radius 1 is 1.27 bits per heavy atom. The minimum absolute atomic E-state index is 0.0659. The van der Waals surface area contributed by atoms with Crippen molar-refractivity contribution in [3.63, 3.8) is 0 Å². The Kier molecular flexibility index (Phi) is 4.13. The van der Waals surface area contributed by atoms with Crippen LogP contribution in [-0.2, 0) is 0 Å². The molecule has 116 valence electrons. The van der Waals surface area contributed by atoms with Gasteiger partial charge in [-0.25, -0.2) is 19.0 Å². The Morgan fingerprint density at radius 3 is 2.77 bits per heavy atom. The quantitative estimate of drug-likeness (QED) is 0.940. The van der Waals surface area contributed by atoms with Crippen LogP contribution in [0.15, 0.2) is 29.5 Å². The maximum atomic E-state index is 13.5. The second-order valence-electron chi connectivity index (χ2n) is 5.63. The van der Waals surface area contributed by atoms with E-state index in [-0.39, 0.29) is 23.5 Å². The Morgan fingerprint density at radius 2 is 2.05 bits per heavy atom. The first-order valence-corrected chi connectivity index (χ1v) is 7.42. The third-order valence-electron chi connectivity index (χ3n) is 4.01. The van der Waals surface area contributed by atoms with Gasteiger partial charge >= 0.3 is 0 Å². The average molecular weight is 303 g/mol. The third-order valence-corrected chi connectivity index (χ3v) is 4.01. The van der Waals surface area contributed by atoms with E-state index in [0.717, 1.165) is 37.6 Å². The highest BCUT2D eigenvalue weighted by Gasteiger charge is 2.24. The van der Waals surface area contributed by atoms with E-state index in [2.05, 4.69) is 20.4 Å². The first kappa shape index (κ1) is 14.6. The van der Waals surface area contributed by atoms with Gasteiger partial charge in [-0.05, 0) is 38.7 Å². The van der Waals surface area contributed by atoms with Crippen molar-refractivity contribution in [1.82, 2.24) is 19.7 Å². The van der Waals surface area contributed by atoms with Crippen molar-refractivity contribution >= 4 is 5.82 Å². The molecule has 3 rings (SSSR count). The Labute approximate surface area is 127 Å². The van der Waals surface area contributed by atoms with Gasteiger partial charge in [0.15, 0.2) is 11.6 Å². The Hall–Kier alpha value is -2.31. The predicted octanol–water partition coefficient (Wildman–Crippen LogP) is 2.08. The maximum Gasteiger partial charge on any atom is 0.267 e. The molecule has 2 aromatic rings. The molecule has 0 amide bonds. The van der Waals surface area contributed by atoms with E-state index in [9.17, 15) is 9.18 Å². The van der Waals surface area contributed by atoms with Crippen LogP contribution in [0, 0.1) is 12.7 Å². The number of nitrogens with zero attached hydrogens (tertiary/aromatic N) is 4. The molecule has 1 saturated carbocycles. The third kappa shape index (κ3) is 3.13. The molecule has 1 aliphatic rings. The monoisotopic (exact) mass is 303 g/mol. The number of hydrogen-bond donors (Lipinski definition) is 1. The standard InChI is InChI=1S/C15H18FN5O/c1-10-2-7-14(22)21(20-10)12-5-3-11(4-6-12)19-15-13(16)8-17-9-18-15/h2,7-9,11-12H,3-6H2,1H3,(H,17,18,19).